The zero-order valence-corrected chi connectivity index (χ0v) is 11.5. The standard InChI is InChI=1S/C15H26O2/c1-9-11-7-10-5-6-14(11,4)15(17,8-12(9)16)13(10,2)3/h9-12,16-17H,5-8H2,1-4H3/t9-,10-,11+,12?,14+,15+/m1/s1. The van der Waals surface area contributed by atoms with E-state index >= 15 is 0 Å². The highest BCUT2D eigenvalue weighted by molar-refractivity contribution is 5.20. The van der Waals surface area contributed by atoms with Crippen molar-refractivity contribution in [3.8, 4) is 0 Å². The molecular formula is C15H26O2. The smallest absolute Gasteiger partial charge is 0.0781 e. The van der Waals surface area contributed by atoms with E-state index in [9.17, 15) is 10.2 Å². The first-order valence-electron chi connectivity index (χ1n) is 7.14. The lowest BCUT2D eigenvalue weighted by Crippen LogP contribution is -2.73. The van der Waals surface area contributed by atoms with Crippen molar-refractivity contribution in [1.29, 1.82) is 0 Å². The number of hydrogen-bond acceptors (Lipinski definition) is 2. The Hall–Kier alpha value is -0.0800. The maximum atomic E-state index is 11.3. The molecule has 0 aromatic heterocycles. The molecule has 98 valence electrons. The minimum atomic E-state index is -0.669. The van der Waals surface area contributed by atoms with E-state index in [2.05, 4.69) is 27.7 Å². The third-order valence-corrected chi connectivity index (χ3v) is 7.15. The van der Waals surface area contributed by atoms with Gasteiger partial charge in [-0.15, -0.1) is 0 Å². The molecule has 0 saturated heterocycles. The van der Waals surface area contributed by atoms with Crippen LogP contribution in [0.25, 0.3) is 0 Å². The van der Waals surface area contributed by atoms with Crippen LogP contribution in [0.3, 0.4) is 0 Å². The van der Waals surface area contributed by atoms with Gasteiger partial charge in [-0.3, -0.25) is 0 Å². The van der Waals surface area contributed by atoms with E-state index in [0.29, 0.717) is 24.2 Å². The Morgan fingerprint density at radius 3 is 2.47 bits per heavy atom. The van der Waals surface area contributed by atoms with Crippen LogP contribution in [0.15, 0.2) is 0 Å². The van der Waals surface area contributed by atoms with Gasteiger partial charge in [-0.25, -0.2) is 0 Å². The number of rotatable bonds is 0. The first-order chi connectivity index (χ1) is 7.74. The van der Waals surface area contributed by atoms with Crippen molar-refractivity contribution < 1.29 is 10.2 Å². The van der Waals surface area contributed by atoms with Gasteiger partial charge in [0.15, 0.2) is 0 Å². The molecular weight excluding hydrogens is 212 g/mol. The normalized spacial score (nSPS) is 60.4. The monoisotopic (exact) mass is 238 g/mol. The second kappa shape index (κ2) is 3.08. The highest BCUT2D eigenvalue weighted by atomic mass is 16.3. The number of aliphatic hydroxyl groups excluding tert-OH is 1. The molecule has 0 spiro atoms. The van der Waals surface area contributed by atoms with E-state index in [0.717, 1.165) is 6.42 Å². The Morgan fingerprint density at radius 1 is 1.18 bits per heavy atom. The highest BCUT2D eigenvalue weighted by Crippen LogP contribution is 2.71. The minimum absolute atomic E-state index is 0.0178. The molecule has 0 amide bonds. The SMILES string of the molecule is C[C@H]1C(O)C[C@]2(O)C(C)(C)[C@@H]3CC[C@@]2(C)[C@H]1C3. The molecule has 0 aromatic rings. The lowest BCUT2D eigenvalue weighted by molar-refractivity contribution is -0.308. The summed E-state index contributed by atoms with van der Waals surface area (Å²) in [7, 11) is 0. The van der Waals surface area contributed by atoms with Crippen molar-refractivity contribution in [2.75, 3.05) is 0 Å². The third kappa shape index (κ3) is 1.10. The maximum absolute atomic E-state index is 11.3. The lowest BCUT2D eigenvalue weighted by atomic mass is 9.35. The molecule has 6 atom stereocenters. The second-order valence-corrected chi connectivity index (χ2v) is 7.71. The summed E-state index contributed by atoms with van der Waals surface area (Å²) in [5.74, 6) is 1.48. The second-order valence-electron chi connectivity index (χ2n) is 7.71. The zero-order valence-electron chi connectivity index (χ0n) is 11.5. The van der Waals surface area contributed by atoms with Crippen molar-refractivity contribution in [2.45, 2.75) is 65.1 Å². The molecule has 2 heteroatoms. The van der Waals surface area contributed by atoms with Crippen LogP contribution < -0.4 is 0 Å². The van der Waals surface area contributed by atoms with E-state index < -0.39 is 5.60 Å². The van der Waals surface area contributed by atoms with Gasteiger partial charge in [-0.05, 0) is 42.4 Å². The van der Waals surface area contributed by atoms with Gasteiger partial charge in [0.2, 0.25) is 0 Å². The molecule has 1 unspecified atom stereocenters. The molecule has 17 heavy (non-hydrogen) atoms. The van der Waals surface area contributed by atoms with Crippen LogP contribution >= 0.6 is 0 Å². The maximum Gasteiger partial charge on any atom is 0.0781 e. The first-order valence-corrected chi connectivity index (χ1v) is 7.14. The quantitative estimate of drug-likeness (QED) is 0.681. The van der Waals surface area contributed by atoms with Gasteiger partial charge in [-0.1, -0.05) is 27.7 Å². The van der Waals surface area contributed by atoms with E-state index in [4.69, 9.17) is 0 Å². The predicted molar refractivity (Wildman–Crippen MR) is 67.5 cm³/mol. The Morgan fingerprint density at radius 2 is 1.82 bits per heavy atom. The van der Waals surface area contributed by atoms with Gasteiger partial charge in [0, 0.05) is 11.8 Å². The van der Waals surface area contributed by atoms with Crippen LogP contribution in [-0.2, 0) is 0 Å². The van der Waals surface area contributed by atoms with Crippen LogP contribution in [0.1, 0.15) is 53.4 Å². The molecule has 4 fully saturated rings. The van der Waals surface area contributed by atoms with E-state index in [-0.39, 0.29) is 16.9 Å². The average Bonchev–Trinajstić information content (AvgIpc) is 2.24. The van der Waals surface area contributed by atoms with Gasteiger partial charge < -0.3 is 10.2 Å². The molecule has 4 saturated carbocycles. The predicted octanol–water partition coefficient (Wildman–Crippen LogP) is 2.58. The topological polar surface area (TPSA) is 40.5 Å². The Bertz CT molecular complexity index is 351. The van der Waals surface area contributed by atoms with Gasteiger partial charge in [0.1, 0.15) is 0 Å². The summed E-state index contributed by atoms with van der Waals surface area (Å²) < 4.78 is 0. The third-order valence-electron chi connectivity index (χ3n) is 7.15. The van der Waals surface area contributed by atoms with E-state index in [1.165, 1.54) is 12.8 Å². The van der Waals surface area contributed by atoms with Crippen LogP contribution in [0.5, 0.6) is 0 Å². The molecule has 4 aliphatic rings. The van der Waals surface area contributed by atoms with Gasteiger partial charge in [0.05, 0.1) is 11.7 Å². The summed E-state index contributed by atoms with van der Waals surface area (Å²) in [5.41, 5.74) is -0.695. The van der Waals surface area contributed by atoms with E-state index in [1.807, 2.05) is 0 Å². The van der Waals surface area contributed by atoms with E-state index in [1.54, 1.807) is 0 Å². The van der Waals surface area contributed by atoms with Crippen molar-refractivity contribution >= 4 is 0 Å². The number of aliphatic hydroxyl groups is 2. The minimum Gasteiger partial charge on any atom is -0.393 e. The molecule has 0 aromatic carbocycles. The van der Waals surface area contributed by atoms with Gasteiger partial charge in [0.25, 0.3) is 0 Å². The molecule has 4 aliphatic carbocycles. The largest absolute Gasteiger partial charge is 0.393 e. The highest BCUT2D eigenvalue weighted by Gasteiger charge is 2.71. The summed E-state index contributed by atoms with van der Waals surface area (Å²) in [6.07, 6.45) is 3.84. The average molecular weight is 238 g/mol. The molecule has 0 aliphatic heterocycles. The molecule has 0 heterocycles. The molecule has 2 N–H and O–H groups in total. The van der Waals surface area contributed by atoms with Crippen LogP contribution in [0.4, 0.5) is 0 Å². The fourth-order valence-corrected chi connectivity index (χ4v) is 5.63. The molecule has 4 rings (SSSR count). The van der Waals surface area contributed by atoms with Crippen molar-refractivity contribution in [3.05, 3.63) is 0 Å². The van der Waals surface area contributed by atoms with Crippen LogP contribution in [0.2, 0.25) is 0 Å². The fraction of sp³-hybridized carbons (Fsp3) is 1.00. The summed E-state index contributed by atoms with van der Waals surface area (Å²) in [6.45, 7) is 8.88. The summed E-state index contributed by atoms with van der Waals surface area (Å²) in [4.78, 5) is 0. The van der Waals surface area contributed by atoms with Crippen LogP contribution in [0, 0.1) is 28.6 Å². The first kappa shape index (κ1) is 12.0. The summed E-state index contributed by atoms with van der Waals surface area (Å²) in [6, 6.07) is 0. The summed E-state index contributed by atoms with van der Waals surface area (Å²) in [5, 5.41) is 21.6. The van der Waals surface area contributed by atoms with Gasteiger partial charge in [-0.2, -0.15) is 0 Å². The van der Waals surface area contributed by atoms with Crippen molar-refractivity contribution in [1.82, 2.24) is 0 Å². The zero-order chi connectivity index (χ0) is 12.6. The Kier molecular flexibility index (Phi) is 2.17. The molecule has 2 nitrogen and oxygen atoms in total. The van der Waals surface area contributed by atoms with Crippen LogP contribution in [-0.4, -0.2) is 21.9 Å². The molecule has 4 bridgehead atoms. The number of fused-ring (bicyclic) bond motifs is 1. The number of hydrogen-bond donors (Lipinski definition) is 2. The Balaban J connectivity index is 2.14. The van der Waals surface area contributed by atoms with Crippen molar-refractivity contribution in [2.24, 2.45) is 28.6 Å². The summed E-state index contributed by atoms with van der Waals surface area (Å²) >= 11 is 0. The van der Waals surface area contributed by atoms with Crippen molar-refractivity contribution in [3.63, 3.8) is 0 Å². The van der Waals surface area contributed by atoms with Gasteiger partial charge >= 0.3 is 0 Å². The lowest BCUT2D eigenvalue weighted by Gasteiger charge is -2.72. The fourth-order valence-electron chi connectivity index (χ4n) is 5.63. The Labute approximate surface area is 104 Å². The molecule has 0 radical (unpaired) electrons.